The second-order valence-electron chi connectivity index (χ2n) is 5.39. The molecule has 3 rings (SSSR count). The fourth-order valence-electron chi connectivity index (χ4n) is 2.75. The summed E-state index contributed by atoms with van der Waals surface area (Å²) in [6, 6.07) is 5.42. The van der Waals surface area contributed by atoms with E-state index in [2.05, 4.69) is 5.32 Å². The Balaban J connectivity index is 1.90. The molecule has 1 atom stereocenters. The summed E-state index contributed by atoms with van der Waals surface area (Å²) >= 11 is 0. The Labute approximate surface area is 120 Å². The molecule has 0 bridgehead atoms. The number of sulfonamides is 1. The predicted molar refractivity (Wildman–Crippen MR) is 77.4 cm³/mol. The van der Waals surface area contributed by atoms with Crippen LogP contribution in [0.4, 0.5) is 5.69 Å². The number of aryl methyl sites for hydroxylation is 1. The SMILES string of the molecule is CC1CN(S(=O)(=O)c2ccc3c(c2)NCCC3)CCO1. The first-order valence-corrected chi connectivity index (χ1v) is 8.50. The van der Waals surface area contributed by atoms with Crippen LogP contribution in [0.5, 0.6) is 0 Å². The van der Waals surface area contributed by atoms with Gasteiger partial charge < -0.3 is 10.1 Å². The highest BCUT2D eigenvalue weighted by molar-refractivity contribution is 7.89. The first-order valence-electron chi connectivity index (χ1n) is 7.06. The molecule has 6 heteroatoms. The van der Waals surface area contributed by atoms with Crippen LogP contribution in [0.3, 0.4) is 0 Å². The summed E-state index contributed by atoms with van der Waals surface area (Å²) in [5, 5.41) is 3.28. The average Bonchev–Trinajstić information content (AvgIpc) is 2.46. The van der Waals surface area contributed by atoms with Gasteiger partial charge >= 0.3 is 0 Å². The van der Waals surface area contributed by atoms with Gasteiger partial charge in [-0.05, 0) is 37.5 Å². The summed E-state index contributed by atoms with van der Waals surface area (Å²) in [6.45, 7) is 4.12. The van der Waals surface area contributed by atoms with Crippen LogP contribution >= 0.6 is 0 Å². The van der Waals surface area contributed by atoms with Crippen molar-refractivity contribution in [3.8, 4) is 0 Å². The summed E-state index contributed by atoms with van der Waals surface area (Å²) in [5.41, 5.74) is 2.16. The number of nitrogens with zero attached hydrogens (tertiary/aromatic N) is 1. The van der Waals surface area contributed by atoms with Gasteiger partial charge in [-0.25, -0.2) is 8.42 Å². The summed E-state index contributed by atoms with van der Waals surface area (Å²) in [6.07, 6.45) is 2.06. The molecule has 0 saturated carbocycles. The van der Waals surface area contributed by atoms with Crippen LogP contribution in [0, 0.1) is 0 Å². The number of morpholine rings is 1. The fraction of sp³-hybridized carbons (Fsp3) is 0.571. The first-order chi connectivity index (χ1) is 9.57. The number of hydrogen-bond acceptors (Lipinski definition) is 4. The molecular formula is C14H20N2O3S. The maximum Gasteiger partial charge on any atom is 0.243 e. The van der Waals surface area contributed by atoms with Crippen molar-refractivity contribution >= 4 is 15.7 Å². The zero-order chi connectivity index (χ0) is 14.2. The van der Waals surface area contributed by atoms with Crippen LogP contribution in [0.2, 0.25) is 0 Å². The van der Waals surface area contributed by atoms with Crippen molar-refractivity contribution in [2.45, 2.75) is 30.8 Å². The van der Waals surface area contributed by atoms with E-state index in [9.17, 15) is 8.42 Å². The zero-order valence-corrected chi connectivity index (χ0v) is 12.4. The van der Waals surface area contributed by atoms with E-state index in [4.69, 9.17) is 4.74 Å². The van der Waals surface area contributed by atoms with E-state index in [1.807, 2.05) is 13.0 Å². The van der Waals surface area contributed by atoms with Gasteiger partial charge in [0.25, 0.3) is 0 Å². The number of hydrogen-bond donors (Lipinski definition) is 1. The molecular weight excluding hydrogens is 276 g/mol. The number of rotatable bonds is 2. The van der Waals surface area contributed by atoms with E-state index < -0.39 is 10.0 Å². The molecule has 1 saturated heterocycles. The maximum absolute atomic E-state index is 12.7. The topological polar surface area (TPSA) is 58.6 Å². The molecule has 20 heavy (non-hydrogen) atoms. The predicted octanol–water partition coefficient (Wildman–Crippen LogP) is 1.45. The van der Waals surface area contributed by atoms with E-state index >= 15 is 0 Å². The van der Waals surface area contributed by atoms with Gasteiger partial charge in [0.05, 0.1) is 17.6 Å². The number of anilines is 1. The lowest BCUT2D eigenvalue weighted by molar-refractivity contribution is 0.0102. The van der Waals surface area contributed by atoms with Crippen LogP contribution < -0.4 is 5.32 Å². The van der Waals surface area contributed by atoms with Gasteiger partial charge in [0.1, 0.15) is 0 Å². The second kappa shape index (κ2) is 5.35. The van der Waals surface area contributed by atoms with Gasteiger partial charge in [-0.3, -0.25) is 0 Å². The summed E-state index contributed by atoms with van der Waals surface area (Å²) < 4.78 is 32.3. The van der Waals surface area contributed by atoms with Gasteiger partial charge in [-0.1, -0.05) is 6.07 Å². The molecule has 5 nitrogen and oxygen atoms in total. The van der Waals surface area contributed by atoms with E-state index in [-0.39, 0.29) is 6.10 Å². The number of fused-ring (bicyclic) bond motifs is 1. The molecule has 110 valence electrons. The van der Waals surface area contributed by atoms with Crippen LogP contribution in [0.15, 0.2) is 23.1 Å². The Hall–Kier alpha value is -1.11. The minimum atomic E-state index is -3.42. The van der Waals surface area contributed by atoms with Crippen molar-refractivity contribution in [2.75, 3.05) is 31.6 Å². The molecule has 1 N–H and O–H groups in total. The normalized spacial score (nSPS) is 23.9. The van der Waals surface area contributed by atoms with Crippen LogP contribution in [-0.2, 0) is 21.2 Å². The molecule has 1 aromatic carbocycles. The third kappa shape index (κ3) is 2.55. The first kappa shape index (κ1) is 13.9. The Morgan fingerprint density at radius 3 is 3.05 bits per heavy atom. The fourth-order valence-corrected chi connectivity index (χ4v) is 4.28. The third-order valence-corrected chi connectivity index (χ3v) is 5.72. The molecule has 0 aromatic heterocycles. The minimum Gasteiger partial charge on any atom is -0.385 e. The van der Waals surface area contributed by atoms with E-state index in [0.29, 0.717) is 24.6 Å². The lowest BCUT2D eigenvalue weighted by Gasteiger charge is -2.30. The highest BCUT2D eigenvalue weighted by Crippen LogP contribution is 2.27. The largest absolute Gasteiger partial charge is 0.385 e. The molecule has 2 aliphatic rings. The Morgan fingerprint density at radius 1 is 1.40 bits per heavy atom. The van der Waals surface area contributed by atoms with E-state index in [1.165, 1.54) is 9.87 Å². The standard InChI is InChI=1S/C14H20N2O3S/c1-11-10-16(7-8-19-11)20(17,18)13-5-4-12-3-2-6-15-14(12)9-13/h4-5,9,11,15H,2-3,6-8,10H2,1H3. The molecule has 1 fully saturated rings. The lowest BCUT2D eigenvalue weighted by atomic mass is 10.0. The summed E-state index contributed by atoms with van der Waals surface area (Å²) in [7, 11) is -3.42. The van der Waals surface area contributed by atoms with Crippen molar-refractivity contribution in [1.82, 2.24) is 4.31 Å². The van der Waals surface area contributed by atoms with Gasteiger partial charge in [-0.15, -0.1) is 0 Å². The number of ether oxygens (including phenoxy) is 1. The third-order valence-electron chi connectivity index (χ3n) is 3.86. The highest BCUT2D eigenvalue weighted by atomic mass is 32.2. The molecule has 2 heterocycles. The van der Waals surface area contributed by atoms with E-state index in [0.717, 1.165) is 25.1 Å². The average molecular weight is 296 g/mol. The monoisotopic (exact) mass is 296 g/mol. The minimum absolute atomic E-state index is 0.0470. The molecule has 1 unspecified atom stereocenters. The van der Waals surface area contributed by atoms with Crippen LogP contribution in [0.25, 0.3) is 0 Å². The van der Waals surface area contributed by atoms with Crippen molar-refractivity contribution in [1.29, 1.82) is 0 Å². The summed E-state index contributed by atoms with van der Waals surface area (Å²) in [4.78, 5) is 0.375. The quantitative estimate of drug-likeness (QED) is 0.897. The molecule has 0 amide bonds. The number of nitrogens with one attached hydrogen (secondary N) is 1. The molecule has 0 spiro atoms. The van der Waals surface area contributed by atoms with Gasteiger partial charge in [0, 0.05) is 25.3 Å². The molecule has 1 aromatic rings. The van der Waals surface area contributed by atoms with E-state index in [1.54, 1.807) is 12.1 Å². The van der Waals surface area contributed by atoms with Gasteiger partial charge in [-0.2, -0.15) is 4.31 Å². The second-order valence-corrected chi connectivity index (χ2v) is 7.33. The molecule has 0 aliphatic carbocycles. The summed E-state index contributed by atoms with van der Waals surface area (Å²) in [5.74, 6) is 0. The van der Waals surface area contributed by atoms with Gasteiger partial charge in [0.15, 0.2) is 0 Å². The Bertz CT molecular complexity index is 600. The van der Waals surface area contributed by atoms with Crippen LogP contribution in [-0.4, -0.2) is 45.1 Å². The maximum atomic E-state index is 12.7. The van der Waals surface area contributed by atoms with Crippen molar-refractivity contribution in [3.63, 3.8) is 0 Å². The Morgan fingerprint density at radius 2 is 2.25 bits per heavy atom. The Kier molecular flexibility index (Phi) is 3.70. The van der Waals surface area contributed by atoms with Crippen LogP contribution in [0.1, 0.15) is 18.9 Å². The zero-order valence-electron chi connectivity index (χ0n) is 11.6. The smallest absolute Gasteiger partial charge is 0.243 e. The number of benzene rings is 1. The van der Waals surface area contributed by atoms with Crippen molar-refractivity contribution in [3.05, 3.63) is 23.8 Å². The molecule has 0 radical (unpaired) electrons. The van der Waals surface area contributed by atoms with Crippen molar-refractivity contribution in [2.24, 2.45) is 0 Å². The molecule has 2 aliphatic heterocycles. The lowest BCUT2D eigenvalue weighted by Crippen LogP contribution is -2.44. The highest BCUT2D eigenvalue weighted by Gasteiger charge is 2.29. The van der Waals surface area contributed by atoms with Gasteiger partial charge in [0.2, 0.25) is 10.0 Å². The van der Waals surface area contributed by atoms with Crippen molar-refractivity contribution < 1.29 is 13.2 Å².